The first kappa shape index (κ1) is 10.8. The van der Waals surface area contributed by atoms with Crippen LogP contribution in [0.25, 0.3) is 0 Å². The molecular formula is C11H12ClN3O. The van der Waals surface area contributed by atoms with E-state index in [4.69, 9.17) is 11.6 Å². The number of aromatic nitrogens is 2. The van der Waals surface area contributed by atoms with E-state index in [1.54, 1.807) is 11.7 Å². The molecule has 1 heterocycles. The Morgan fingerprint density at radius 3 is 2.69 bits per heavy atom. The molecule has 2 rings (SSSR count). The minimum absolute atomic E-state index is 0.136. The van der Waals surface area contributed by atoms with E-state index in [9.17, 15) is 4.79 Å². The van der Waals surface area contributed by atoms with E-state index in [1.807, 2.05) is 25.1 Å². The van der Waals surface area contributed by atoms with Crippen LogP contribution < -0.4 is 10.9 Å². The second kappa shape index (κ2) is 4.06. The van der Waals surface area contributed by atoms with Crippen molar-refractivity contribution in [2.24, 2.45) is 7.05 Å². The van der Waals surface area contributed by atoms with Gasteiger partial charge in [0.05, 0.1) is 0 Å². The molecule has 0 aliphatic carbocycles. The molecule has 0 unspecified atom stereocenters. The summed E-state index contributed by atoms with van der Waals surface area (Å²) in [6.45, 7) is 1.94. The third-order valence-electron chi connectivity index (χ3n) is 2.35. The smallest absolute Gasteiger partial charge is 0.266 e. The van der Waals surface area contributed by atoms with Crippen LogP contribution in [-0.4, -0.2) is 9.78 Å². The lowest BCUT2D eigenvalue weighted by atomic mass is 10.2. The van der Waals surface area contributed by atoms with Crippen molar-refractivity contribution in [3.8, 4) is 0 Å². The number of anilines is 2. The summed E-state index contributed by atoms with van der Waals surface area (Å²) >= 11 is 6.01. The summed E-state index contributed by atoms with van der Waals surface area (Å²) in [6, 6.07) is 7.16. The Balaban J connectivity index is 2.30. The zero-order valence-corrected chi connectivity index (χ0v) is 9.80. The van der Waals surface area contributed by atoms with E-state index in [0.717, 1.165) is 11.3 Å². The lowest BCUT2D eigenvalue weighted by Crippen LogP contribution is -2.02. The average Bonchev–Trinajstić information content (AvgIpc) is 2.51. The van der Waals surface area contributed by atoms with Crippen LogP contribution in [0.1, 0.15) is 5.56 Å². The van der Waals surface area contributed by atoms with Crippen LogP contribution >= 0.6 is 11.6 Å². The third-order valence-corrected chi connectivity index (χ3v) is 2.76. The van der Waals surface area contributed by atoms with Crippen LogP contribution in [0, 0.1) is 6.92 Å². The largest absolute Gasteiger partial charge is 0.340 e. The maximum atomic E-state index is 11.1. The van der Waals surface area contributed by atoms with E-state index in [-0.39, 0.29) is 5.56 Å². The Bertz CT molecular complexity index is 571. The molecule has 0 aliphatic rings. The topological polar surface area (TPSA) is 49.8 Å². The summed E-state index contributed by atoms with van der Waals surface area (Å²) in [7, 11) is 1.76. The van der Waals surface area contributed by atoms with E-state index < -0.39 is 0 Å². The molecule has 0 atom stereocenters. The number of hydrogen-bond donors (Lipinski definition) is 2. The molecule has 16 heavy (non-hydrogen) atoms. The predicted molar refractivity (Wildman–Crippen MR) is 65.5 cm³/mol. The van der Waals surface area contributed by atoms with Gasteiger partial charge in [-0.25, -0.2) is 0 Å². The first-order valence-corrected chi connectivity index (χ1v) is 5.23. The van der Waals surface area contributed by atoms with Crippen molar-refractivity contribution in [3.05, 3.63) is 45.2 Å². The molecule has 1 aromatic heterocycles. The minimum atomic E-state index is -0.136. The second-order valence-electron chi connectivity index (χ2n) is 3.65. The molecule has 2 aromatic rings. The van der Waals surface area contributed by atoms with Crippen LogP contribution in [0.4, 0.5) is 11.5 Å². The number of halogens is 1. The van der Waals surface area contributed by atoms with E-state index in [1.165, 1.54) is 6.07 Å². The summed E-state index contributed by atoms with van der Waals surface area (Å²) in [4.78, 5) is 11.1. The number of H-pyrrole nitrogens is 1. The summed E-state index contributed by atoms with van der Waals surface area (Å²) in [5.74, 6) is 0.699. The monoisotopic (exact) mass is 237 g/mol. The van der Waals surface area contributed by atoms with Gasteiger partial charge in [0.15, 0.2) is 0 Å². The lowest BCUT2D eigenvalue weighted by Gasteiger charge is -2.07. The molecule has 5 heteroatoms. The normalized spacial score (nSPS) is 10.4. The van der Waals surface area contributed by atoms with Gasteiger partial charge in [0.1, 0.15) is 5.82 Å². The van der Waals surface area contributed by atoms with Gasteiger partial charge in [0.25, 0.3) is 5.56 Å². The van der Waals surface area contributed by atoms with Gasteiger partial charge < -0.3 is 5.32 Å². The van der Waals surface area contributed by atoms with Crippen molar-refractivity contribution in [1.82, 2.24) is 9.78 Å². The van der Waals surface area contributed by atoms with E-state index >= 15 is 0 Å². The van der Waals surface area contributed by atoms with Gasteiger partial charge in [0.2, 0.25) is 0 Å². The molecule has 0 amide bonds. The van der Waals surface area contributed by atoms with Crippen molar-refractivity contribution in [2.75, 3.05) is 5.32 Å². The Kier molecular flexibility index (Phi) is 2.75. The first-order valence-electron chi connectivity index (χ1n) is 4.85. The Hall–Kier alpha value is -1.68. The average molecular weight is 238 g/mol. The molecule has 0 radical (unpaired) electrons. The summed E-state index contributed by atoms with van der Waals surface area (Å²) in [5, 5.41) is 6.43. The molecular weight excluding hydrogens is 226 g/mol. The highest BCUT2D eigenvalue weighted by atomic mass is 35.5. The highest BCUT2D eigenvalue weighted by Gasteiger charge is 2.02. The maximum absolute atomic E-state index is 11.1. The molecule has 0 fully saturated rings. The summed E-state index contributed by atoms with van der Waals surface area (Å²) < 4.78 is 1.62. The quantitative estimate of drug-likeness (QED) is 0.843. The molecule has 2 N–H and O–H groups in total. The molecule has 84 valence electrons. The van der Waals surface area contributed by atoms with Crippen LogP contribution in [0.3, 0.4) is 0 Å². The maximum Gasteiger partial charge on any atom is 0.266 e. The standard InChI is InChI=1S/C11H12ClN3O/c1-7-3-4-8(5-9(7)12)13-10-6-11(16)14-15(10)2/h3-6,13H,1-2H3,(H,14,16). The van der Waals surface area contributed by atoms with Crippen LogP contribution in [0.2, 0.25) is 5.02 Å². The van der Waals surface area contributed by atoms with Gasteiger partial charge in [-0.1, -0.05) is 17.7 Å². The van der Waals surface area contributed by atoms with Crippen LogP contribution in [-0.2, 0) is 7.05 Å². The van der Waals surface area contributed by atoms with Crippen molar-refractivity contribution >= 4 is 23.1 Å². The number of nitrogens with one attached hydrogen (secondary N) is 2. The fraction of sp³-hybridized carbons (Fsp3) is 0.182. The number of rotatable bonds is 2. The molecule has 1 aromatic carbocycles. The zero-order chi connectivity index (χ0) is 11.7. The fourth-order valence-corrected chi connectivity index (χ4v) is 1.60. The molecule has 0 spiro atoms. The van der Waals surface area contributed by atoms with Crippen LogP contribution in [0.5, 0.6) is 0 Å². The van der Waals surface area contributed by atoms with Crippen molar-refractivity contribution in [2.45, 2.75) is 6.92 Å². The van der Waals surface area contributed by atoms with Gasteiger partial charge in [-0.2, -0.15) is 0 Å². The van der Waals surface area contributed by atoms with Gasteiger partial charge in [-0.15, -0.1) is 0 Å². The predicted octanol–water partition coefficient (Wildman–Crippen LogP) is 2.42. The molecule has 0 saturated heterocycles. The third kappa shape index (κ3) is 2.12. The number of hydrogen-bond acceptors (Lipinski definition) is 2. The molecule has 4 nitrogen and oxygen atoms in total. The number of benzene rings is 1. The van der Waals surface area contributed by atoms with Gasteiger partial charge in [0, 0.05) is 23.8 Å². The lowest BCUT2D eigenvalue weighted by molar-refractivity contribution is 0.765. The second-order valence-corrected chi connectivity index (χ2v) is 4.06. The number of nitrogens with zero attached hydrogens (tertiary/aromatic N) is 1. The Morgan fingerprint density at radius 1 is 1.38 bits per heavy atom. The van der Waals surface area contributed by atoms with Crippen molar-refractivity contribution < 1.29 is 0 Å². The Labute approximate surface area is 97.8 Å². The van der Waals surface area contributed by atoms with Crippen molar-refractivity contribution in [1.29, 1.82) is 0 Å². The summed E-state index contributed by atoms with van der Waals surface area (Å²) in [5.41, 5.74) is 1.74. The first-order chi connectivity index (χ1) is 7.56. The van der Waals surface area contributed by atoms with E-state index in [2.05, 4.69) is 10.4 Å². The molecule has 0 aliphatic heterocycles. The summed E-state index contributed by atoms with van der Waals surface area (Å²) in [6.07, 6.45) is 0. The molecule has 0 saturated carbocycles. The SMILES string of the molecule is Cc1ccc(Nc2cc(=O)[nH]n2C)cc1Cl. The van der Waals surface area contributed by atoms with Gasteiger partial charge in [-0.05, 0) is 24.6 Å². The molecule has 0 bridgehead atoms. The van der Waals surface area contributed by atoms with Gasteiger partial charge in [-0.3, -0.25) is 14.6 Å². The fourth-order valence-electron chi connectivity index (χ4n) is 1.42. The van der Waals surface area contributed by atoms with Crippen molar-refractivity contribution in [3.63, 3.8) is 0 Å². The minimum Gasteiger partial charge on any atom is -0.340 e. The highest BCUT2D eigenvalue weighted by molar-refractivity contribution is 6.31. The highest BCUT2D eigenvalue weighted by Crippen LogP contribution is 2.22. The zero-order valence-electron chi connectivity index (χ0n) is 9.04. The number of aryl methyl sites for hydroxylation is 2. The van der Waals surface area contributed by atoms with Gasteiger partial charge >= 0.3 is 0 Å². The van der Waals surface area contributed by atoms with E-state index in [0.29, 0.717) is 10.8 Å². The van der Waals surface area contributed by atoms with Crippen LogP contribution in [0.15, 0.2) is 29.1 Å². The number of aromatic amines is 1. The Morgan fingerprint density at radius 2 is 2.12 bits per heavy atom.